The molecule has 3 rings (SSSR count). The standard InChI is InChI=1S/C12H14FN3/c13-9-2-1-3-10-12(9)16-11(15-10)6-7-14-8-4-5-8/h1-3,8,14H,4-7H2,(H,15,16). The molecule has 1 heterocycles. The highest BCUT2D eigenvalue weighted by Gasteiger charge is 2.19. The van der Waals surface area contributed by atoms with E-state index in [0.717, 1.165) is 24.3 Å². The molecule has 2 N–H and O–H groups in total. The number of halogens is 1. The van der Waals surface area contributed by atoms with Crippen LogP contribution in [0.2, 0.25) is 0 Å². The minimum atomic E-state index is -0.254. The van der Waals surface area contributed by atoms with Crippen LogP contribution in [0.4, 0.5) is 4.39 Å². The van der Waals surface area contributed by atoms with E-state index >= 15 is 0 Å². The fourth-order valence-corrected chi connectivity index (χ4v) is 1.85. The van der Waals surface area contributed by atoms with Gasteiger partial charge in [-0.25, -0.2) is 9.37 Å². The van der Waals surface area contributed by atoms with Crippen LogP contribution < -0.4 is 5.32 Å². The van der Waals surface area contributed by atoms with Crippen molar-refractivity contribution >= 4 is 11.0 Å². The maximum Gasteiger partial charge on any atom is 0.151 e. The number of hydrogen-bond donors (Lipinski definition) is 2. The fourth-order valence-electron chi connectivity index (χ4n) is 1.85. The monoisotopic (exact) mass is 219 g/mol. The summed E-state index contributed by atoms with van der Waals surface area (Å²) in [7, 11) is 0. The third-order valence-electron chi connectivity index (χ3n) is 2.88. The number of H-pyrrole nitrogens is 1. The van der Waals surface area contributed by atoms with Crippen molar-refractivity contribution < 1.29 is 4.39 Å². The Kier molecular flexibility index (Phi) is 2.36. The molecule has 0 unspecified atom stereocenters. The van der Waals surface area contributed by atoms with Crippen LogP contribution in [0.1, 0.15) is 18.7 Å². The van der Waals surface area contributed by atoms with Gasteiger partial charge in [0.05, 0.1) is 5.52 Å². The largest absolute Gasteiger partial charge is 0.342 e. The van der Waals surface area contributed by atoms with Gasteiger partial charge in [-0.1, -0.05) is 6.07 Å². The smallest absolute Gasteiger partial charge is 0.151 e. The molecule has 1 fully saturated rings. The van der Waals surface area contributed by atoms with Crippen LogP contribution in [0.25, 0.3) is 11.0 Å². The quantitative estimate of drug-likeness (QED) is 0.825. The molecule has 84 valence electrons. The molecule has 1 aliphatic carbocycles. The summed E-state index contributed by atoms with van der Waals surface area (Å²) in [6.07, 6.45) is 3.40. The van der Waals surface area contributed by atoms with Crippen LogP contribution in [0, 0.1) is 5.82 Å². The number of para-hydroxylation sites is 1. The van der Waals surface area contributed by atoms with E-state index in [4.69, 9.17) is 0 Å². The molecule has 16 heavy (non-hydrogen) atoms. The molecule has 3 nitrogen and oxygen atoms in total. The number of hydrogen-bond acceptors (Lipinski definition) is 2. The molecule has 0 amide bonds. The molecular weight excluding hydrogens is 205 g/mol. The van der Waals surface area contributed by atoms with Crippen LogP contribution in [0.3, 0.4) is 0 Å². The van der Waals surface area contributed by atoms with E-state index < -0.39 is 0 Å². The zero-order valence-electron chi connectivity index (χ0n) is 8.96. The lowest BCUT2D eigenvalue weighted by Crippen LogP contribution is -2.19. The van der Waals surface area contributed by atoms with Gasteiger partial charge in [0.15, 0.2) is 5.82 Å². The van der Waals surface area contributed by atoms with Gasteiger partial charge in [0.1, 0.15) is 11.3 Å². The molecule has 1 aliphatic rings. The highest BCUT2D eigenvalue weighted by atomic mass is 19.1. The Morgan fingerprint density at radius 3 is 3.06 bits per heavy atom. The van der Waals surface area contributed by atoms with E-state index in [1.807, 2.05) is 6.07 Å². The minimum Gasteiger partial charge on any atom is -0.342 e. The van der Waals surface area contributed by atoms with Gasteiger partial charge in [-0.05, 0) is 25.0 Å². The first kappa shape index (κ1) is 9.78. The Balaban J connectivity index is 1.73. The number of aromatic nitrogens is 2. The van der Waals surface area contributed by atoms with Crippen LogP contribution in [-0.2, 0) is 6.42 Å². The molecule has 0 bridgehead atoms. The summed E-state index contributed by atoms with van der Waals surface area (Å²) in [5, 5.41) is 3.41. The maximum absolute atomic E-state index is 13.4. The summed E-state index contributed by atoms with van der Waals surface area (Å²) < 4.78 is 13.4. The maximum atomic E-state index is 13.4. The topological polar surface area (TPSA) is 40.7 Å². The van der Waals surface area contributed by atoms with Crippen LogP contribution in [-0.4, -0.2) is 22.6 Å². The van der Waals surface area contributed by atoms with E-state index in [-0.39, 0.29) is 5.82 Å². The average Bonchev–Trinajstić information content (AvgIpc) is 2.98. The van der Waals surface area contributed by atoms with Crippen molar-refractivity contribution in [2.75, 3.05) is 6.54 Å². The molecule has 1 aromatic carbocycles. The third kappa shape index (κ3) is 1.93. The van der Waals surface area contributed by atoms with Crippen molar-refractivity contribution in [2.45, 2.75) is 25.3 Å². The number of aromatic amines is 1. The van der Waals surface area contributed by atoms with Crippen molar-refractivity contribution in [2.24, 2.45) is 0 Å². The van der Waals surface area contributed by atoms with Crippen LogP contribution in [0.15, 0.2) is 18.2 Å². The molecule has 0 spiro atoms. The second-order valence-electron chi connectivity index (χ2n) is 4.30. The zero-order chi connectivity index (χ0) is 11.0. The van der Waals surface area contributed by atoms with Crippen molar-refractivity contribution in [3.63, 3.8) is 0 Å². The second-order valence-corrected chi connectivity index (χ2v) is 4.30. The van der Waals surface area contributed by atoms with Crippen molar-refractivity contribution in [3.05, 3.63) is 29.8 Å². The van der Waals surface area contributed by atoms with Gasteiger partial charge in [0.25, 0.3) is 0 Å². The molecule has 4 heteroatoms. The molecule has 0 saturated heterocycles. The first-order valence-corrected chi connectivity index (χ1v) is 5.69. The Bertz CT molecular complexity index is 502. The van der Waals surface area contributed by atoms with Crippen molar-refractivity contribution in [3.8, 4) is 0 Å². The van der Waals surface area contributed by atoms with Gasteiger partial charge < -0.3 is 10.3 Å². The van der Waals surface area contributed by atoms with Gasteiger partial charge in [0, 0.05) is 19.0 Å². The predicted molar refractivity (Wildman–Crippen MR) is 60.8 cm³/mol. The summed E-state index contributed by atoms with van der Waals surface area (Å²) in [6.45, 7) is 0.909. The van der Waals surface area contributed by atoms with Crippen molar-refractivity contribution in [1.82, 2.24) is 15.3 Å². The van der Waals surface area contributed by atoms with E-state index in [9.17, 15) is 4.39 Å². The number of fused-ring (bicyclic) bond motifs is 1. The first-order valence-electron chi connectivity index (χ1n) is 5.69. The number of nitrogens with one attached hydrogen (secondary N) is 2. The van der Waals surface area contributed by atoms with E-state index in [1.165, 1.54) is 18.9 Å². The Morgan fingerprint density at radius 2 is 2.31 bits per heavy atom. The number of benzene rings is 1. The lowest BCUT2D eigenvalue weighted by molar-refractivity contribution is 0.636. The average molecular weight is 219 g/mol. The fraction of sp³-hybridized carbons (Fsp3) is 0.417. The molecule has 2 aromatic rings. The lowest BCUT2D eigenvalue weighted by atomic mass is 10.3. The zero-order valence-corrected chi connectivity index (χ0v) is 8.96. The van der Waals surface area contributed by atoms with Gasteiger partial charge >= 0.3 is 0 Å². The third-order valence-corrected chi connectivity index (χ3v) is 2.88. The Morgan fingerprint density at radius 1 is 1.44 bits per heavy atom. The highest BCUT2D eigenvalue weighted by Crippen LogP contribution is 2.18. The van der Waals surface area contributed by atoms with Gasteiger partial charge in [0.2, 0.25) is 0 Å². The van der Waals surface area contributed by atoms with E-state index in [0.29, 0.717) is 11.6 Å². The summed E-state index contributed by atoms with van der Waals surface area (Å²) in [5.41, 5.74) is 1.23. The predicted octanol–water partition coefficient (Wildman–Crippen LogP) is 2.00. The number of nitrogens with zero attached hydrogens (tertiary/aromatic N) is 1. The summed E-state index contributed by atoms with van der Waals surface area (Å²) in [4.78, 5) is 7.40. The Labute approximate surface area is 93.1 Å². The highest BCUT2D eigenvalue weighted by molar-refractivity contribution is 5.75. The molecular formula is C12H14FN3. The normalized spacial score (nSPS) is 15.8. The minimum absolute atomic E-state index is 0.254. The lowest BCUT2D eigenvalue weighted by Gasteiger charge is -1.98. The van der Waals surface area contributed by atoms with Crippen LogP contribution in [0.5, 0.6) is 0 Å². The summed E-state index contributed by atoms with van der Waals surface area (Å²) >= 11 is 0. The van der Waals surface area contributed by atoms with Gasteiger partial charge in [-0.3, -0.25) is 0 Å². The summed E-state index contributed by atoms with van der Waals surface area (Å²) in [6, 6.07) is 5.70. The second kappa shape index (κ2) is 3.87. The molecule has 1 aromatic heterocycles. The SMILES string of the molecule is Fc1cccc2[nH]c(CCNC3CC3)nc12. The first-order chi connectivity index (χ1) is 7.83. The van der Waals surface area contributed by atoms with E-state index in [1.54, 1.807) is 6.07 Å². The van der Waals surface area contributed by atoms with Gasteiger partial charge in [-0.15, -0.1) is 0 Å². The number of rotatable bonds is 4. The molecule has 0 radical (unpaired) electrons. The van der Waals surface area contributed by atoms with E-state index in [2.05, 4.69) is 15.3 Å². The molecule has 0 aliphatic heterocycles. The number of imidazole rings is 1. The molecule has 0 atom stereocenters. The molecule has 1 saturated carbocycles. The Hall–Kier alpha value is -1.42. The van der Waals surface area contributed by atoms with Crippen molar-refractivity contribution in [1.29, 1.82) is 0 Å². The van der Waals surface area contributed by atoms with Gasteiger partial charge in [-0.2, -0.15) is 0 Å². The van der Waals surface area contributed by atoms with Crippen LogP contribution >= 0.6 is 0 Å². The summed E-state index contributed by atoms with van der Waals surface area (Å²) in [5.74, 6) is 0.600.